The largest absolute Gasteiger partial charge is 0.384 e. The molecule has 3 nitrogen and oxygen atoms in total. The van der Waals surface area contributed by atoms with Gasteiger partial charge >= 0.3 is 0 Å². The molecular formula is C16H32N2O. The lowest BCUT2D eigenvalue weighted by Crippen LogP contribution is -2.51. The Morgan fingerprint density at radius 2 is 2.05 bits per heavy atom. The van der Waals surface area contributed by atoms with E-state index in [0.29, 0.717) is 17.4 Å². The molecule has 0 amide bonds. The molecule has 0 aromatic carbocycles. The topological polar surface area (TPSA) is 38.5 Å². The maximum absolute atomic E-state index is 6.52. The summed E-state index contributed by atoms with van der Waals surface area (Å²) in [5.41, 5.74) is 6.84. The van der Waals surface area contributed by atoms with Crippen molar-refractivity contribution in [3.8, 4) is 0 Å². The van der Waals surface area contributed by atoms with E-state index >= 15 is 0 Å². The Hall–Kier alpha value is -0.120. The first-order valence-corrected chi connectivity index (χ1v) is 8.00. The van der Waals surface area contributed by atoms with Crippen molar-refractivity contribution in [3.63, 3.8) is 0 Å². The molecule has 0 aromatic heterocycles. The number of nitrogens with two attached hydrogens (primary N) is 1. The molecule has 3 atom stereocenters. The Bertz CT molecular complexity index is 278. The van der Waals surface area contributed by atoms with Crippen molar-refractivity contribution < 1.29 is 4.74 Å². The molecule has 2 N–H and O–H groups in total. The number of rotatable bonds is 4. The van der Waals surface area contributed by atoms with Gasteiger partial charge in [-0.2, -0.15) is 0 Å². The van der Waals surface area contributed by atoms with E-state index in [9.17, 15) is 0 Å². The number of likely N-dealkylation sites (tertiary alicyclic amines) is 1. The zero-order valence-corrected chi connectivity index (χ0v) is 13.0. The lowest BCUT2D eigenvalue weighted by molar-refractivity contribution is 0.0576. The SMILES string of the molecule is COCC1CCCN(CC2CCCC(C)(C)C2N)C1. The van der Waals surface area contributed by atoms with Crippen LogP contribution in [0.1, 0.15) is 46.0 Å². The first kappa shape index (κ1) is 15.3. The summed E-state index contributed by atoms with van der Waals surface area (Å²) in [7, 11) is 1.82. The minimum atomic E-state index is 0.324. The average molecular weight is 268 g/mol. The fourth-order valence-corrected chi connectivity index (χ4v) is 4.03. The Kier molecular flexibility index (Phi) is 5.27. The summed E-state index contributed by atoms with van der Waals surface area (Å²) in [6, 6.07) is 0.365. The van der Waals surface area contributed by atoms with Crippen LogP contribution in [-0.4, -0.2) is 44.3 Å². The summed E-state index contributed by atoms with van der Waals surface area (Å²) >= 11 is 0. The average Bonchev–Trinajstić information content (AvgIpc) is 2.36. The number of hydrogen-bond acceptors (Lipinski definition) is 3. The van der Waals surface area contributed by atoms with Gasteiger partial charge in [0.25, 0.3) is 0 Å². The second kappa shape index (κ2) is 6.55. The van der Waals surface area contributed by atoms with E-state index in [-0.39, 0.29) is 0 Å². The molecule has 1 aliphatic heterocycles. The molecule has 1 aliphatic carbocycles. The lowest BCUT2D eigenvalue weighted by atomic mass is 9.68. The molecule has 0 aromatic rings. The summed E-state index contributed by atoms with van der Waals surface area (Å²) in [6.07, 6.45) is 6.60. The highest BCUT2D eigenvalue weighted by molar-refractivity contribution is 4.92. The highest BCUT2D eigenvalue weighted by Gasteiger charge is 2.37. The van der Waals surface area contributed by atoms with E-state index in [4.69, 9.17) is 10.5 Å². The van der Waals surface area contributed by atoms with Gasteiger partial charge < -0.3 is 15.4 Å². The molecule has 19 heavy (non-hydrogen) atoms. The third-order valence-electron chi connectivity index (χ3n) is 5.30. The molecule has 1 saturated heterocycles. The summed E-state index contributed by atoms with van der Waals surface area (Å²) in [5.74, 6) is 1.41. The van der Waals surface area contributed by atoms with E-state index in [2.05, 4.69) is 18.7 Å². The van der Waals surface area contributed by atoms with Crippen LogP contribution in [0.5, 0.6) is 0 Å². The van der Waals surface area contributed by atoms with Crippen molar-refractivity contribution in [3.05, 3.63) is 0 Å². The smallest absolute Gasteiger partial charge is 0.0502 e. The second-order valence-corrected chi connectivity index (χ2v) is 7.39. The van der Waals surface area contributed by atoms with Crippen molar-refractivity contribution in [1.82, 2.24) is 4.90 Å². The molecule has 3 unspecified atom stereocenters. The van der Waals surface area contributed by atoms with Crippen molar-refractivity contribution in [1.29, 1.82) is 0 Å². The van der Waals surface area contributed by atoms with E-state index in [1.807, 2.05) is 7.11 Å². The quantitative estimate of drug-likeness (QED) is 0.851. The molecule has 1 saturated carbocycles. The van der Waals surface area contributed by atoms with Gasteiger partial charge in [0.15, 0.2) is 0 Å². The van der Waals surface area contributed by atoms with Gasteiger partial charge in [0.05, 0.1) is 6.61 Å². The number of piperidine rings is 1. The second-order valence-electron chi connectivity index (χ2n) is 7.39. The standard InChI is InChI=1S/C16H32N2O/c1-16(2)8-4-7-14(15(16)17)11-18-9-5-6-13(10-18)12-19-3/h13-15H,4-12,17H2,1-3H3. The van der Waals surface area contributed by atoms with Crippen molar-refractivity contribution in [2.45, 2.75) is 52.0 Å². The van der Waals surface area contributed by atoms with Gasteiger partial charge in [-0.15, -0.1) is 0 Å². The summed E-state index contributed by atoms with van der Waals surface area (Å²) in [5, 5.41) is 0. The molecule has 0 radical (unpaired) electrons. The van der Waals surface area contributed by atoms with Crippen molar-refractivity contribution in [2.75, 3.05) is 33.4 Å². The molecule has 0 bridgehead atoms. The van der Waals surface area contributed by atoms with Gasteiger partial charge in [-0.25, -0.2) is 0 Å². The zero-order chi connectivity index (χ0) is 13.9. The molecule has 2 aliphatic rings. The van der Waals surface area contributed by atoms with Crippen LogP contribution in [0.2, 0.25) is 0 Å². The first-order valence-electron chi connectivity index (χ1n) is 8.00. The van der Waals surface area contributed by atoms with Gasteiger partial charge in [0.1, 0.15) is 0 Å². The summed E-state index contributed by atoms with van der Waals surface area (Å²) in [4.78, 5) is 2.64. The van der Waals surface area contributed by atoms with Gasteiger partial charge in [-0.1, -0.05) is 20.3 Å². The molecule has 0 spiro atoms. The maximum Gasteiger partial charge on any atom is 0.0502 e. The summed E-state index contributed by atoms with van der Waals surface area (Å²) in [6.45, 7) is 9.26. The summed E-state index contributed by atoms with van der Waals surface area (Å²) < 4.78 is 5.32. The highest BCUT2D eigenvalue weighted by Crippen LogP contribution is 2.38. The highest BCUT2D eigenvalue weighted by atomic mass is 16.5. The third kappa shape index (κ3) is 3.93. The number of ether oxygens (including phenoxy) is 1. The Balaban J connectivity index is 1.86. The predicted octanol–water partition coefficient (Wildman–Crippen LogP) is 2.50. The molecule has 2 fully saturated rings. The van der Waals surface area contributed by atoms with Crippen LogP contribution in [0, 0.1) is 17.3 Å². The fourth-order valence-electron chi connectivity index (χ4n) is 4.03. The van der Waals surface area contributed by atoms with Crippen LogP contribution < -0.4 is 5.73 Å². The van der Waals surface area contributed by atoms with Crippen LogP contribution in [0.3, 0.4) is 0 Å². The molecule has 3 heteroatoms. The van der Waals surface area contributed by atoms with E-state index < -0.39 is 0 Å². The van der Waals surface area contributed by atoms with Crippen LogP contribution >= 0.6 is 0 Å². The number of methoxy groups -OCH3 is 1. The number of hydrogen-bond donors (Lipinski definition) is 1. The number of nitrogens with zero attached hydrogens (tertiary/aromatic N) is 1. The van der Waals surface area contributed by atoms with Gasteiger partial charge in [-0.3, -0.25) is 0 Å². The van der Waals surface area contributed by atoms with Crippen LogP contribution in [0.4, 0.5) is 0 Å². The van der Waals surface area contributed by atoms with Crippen LogP contribution in [0.25, 0.3) is 0 Å². The van der Waals surface area contributed by atoms with Gasteiger partial charge in [0.2, 0.25) is 0 Å². The van der Waals surface area contributed by atoms with Gasteiger partial charge in [-0.05, 0) is 49.5 Å². The van der Waals surface area contributed by atoms with Crippen LogP contribution in [-0.2, 0) is 4.74 Å². The van der Waals surface area contributed by atoms with E-state index in [1.54, 1.807) is 0 Å². The van der Waals surface area contributed by atoms with E-state index in [1.165, 1.54) is 51.7 Å². The monoisotopic (exact) mass is 268 g/mol. The lowest BCUT2D eigenvalue weighted by Gasteiger charge is -2.44. The zero-order valence-electron chi connectivity index (χ0n) is 13.0. The molecule has 2 rings (SSSR count). The molecular weight excluding hydrogens is 236 g/mol. The predicted molar refractivity (Wildman–Crippen MR) is 80.1 cm³/mol. The van der Waals surface area contributed by atoms with Crippen molar-refractivity contribution in [2.24, 2.45) is 23.0 Å². The maximum atomic E-state index is 6.52. The Morgan fingerprint density at radius 1 is 1.26 bits per heavy atom. The fraction of sp³-hybridized carbons (Fsp3) is 1.00. The van der Waals surface area contributed by atoms with E-state index in [0.717, 1.165) is 12.5 Å². The Morgan fingerprint density at radius 3 is 2.79 bits per heavy atom. The van der Waals surface area contributed by atoms with Crippen molar-refractivity contribution >= 4 is 0 Å². The normalized spacial score (nSPS) is 36.3. The molecule has 112 valence electrons. The minimum absolute atomic E-state index is 0.324. The molecule has 1 heterocycles. The first-order chi connectivity index (χ1) is 9.03. The minimum Gasteiger partial charge on any atom is -0.384 e. The third-order valence-corrected chi connectivity index (χ3v) is 5.30. The van der Waals surface area contributed by atoms with Gasteiger partial charge in [0, 0.05) is 26.2 Å². The Labute approximate surface area is 118 Å². The van der Waals surface area contributed by atoms with Crippen LogP contribution in [0.15, 0.2) is 0 Å².